The summed E-state index contributed by atoms with van der Waals surface area (Å²) >= 11 is 0. The number of rotatable bonds is 10. The summed E-state index contributed by atoms with van der Waals surface area (Å²) in [6.45, 7) is -2.50. The van der Waals surface area contributed by atoms with Gasteiger partial charge in [0.25, 0.3) is 0 Å². The number of ether oxygens (including phenoxy) is 1. The van der Waals surface area contributed by atoms with Crippen molar-refractivity contribution in [2.75, 3.05) is 24.6 Å². The zero-order chi connectivity index (χ0) is 23.4. The second-order valence-corrected chi connectivity index (χ2v) is 6.72. The Morgan fingerprint density at radius 3 is 1.92 bits per heavy atom. The molecule has 2 aromatic carbocycles. The molecule has 1 N–H and O–H groups in total. The van der Waals surface area contributed by atoms with Crippen LogP contribution in [0.15, 0.2) is 42.5 Å². The van der Waals surface area contributed by atoms with Gasteiger partial charge in [0, 0.05) is 22.2 Å². The van der Waals surface area contributed by atoms with Crippen LogP contribution in [-0.2, 0) is 14.4 Å². The fourth-order valence-electron chi connectivity index (χ4n) is 3.14. The number of aromatic carboxylic acids is 1. The maximum atomic E-state index is 11.1. The van der Waals surface area contributed by atoms with Crippen LogP contribution in [0, 0.1) is 0 Å². The van der Waals surface area contributed by atoms with Crippen molar-refractivity contribution in [1.82, 2.24) is 4.98 Å². The molecule has 0 aliphatic rings. The van der Waals surface area contributed by atoms with Gasteiger partial charge < -0.3 is 54.2 Å². The van der Waals surface area contributed by atoms with Gasteiger partial charge in [-0.05, 0) is 29.8 Å². The third kappa shape index (κ3) is 11.9. The predicted octanol–water partition coefficient (Wildman–Crippen LogP) is -15.4. The van der Waals surface area contributed by atoms with E-state index in [1.807, 2.05) is 0 Å². The van der Waals surface area contributed by atoms with Gasteiger partial charge in [-0.15, -0.1) is 0 Å². The number of carbonyl (C=O) groups excluding carboxylic acids is 4. The van der Waals surface area contributed by atoms with Gasteiger partial charge in [-0.25, -0.2) is 0 Å². The molecule has 0 saturated heterocycles. The van der Waals surface area contributed by atoms with Crippen LogP contribution in [0.3, 0.4) is 0 Å². The number of nitrogens with zero attached hydrogens (tertiary/aromatic N) is 1. The number of hydrogen-bond acceptors (Lipinski definition) is 10. The molecule has 0 spiro atoms. The largest absolute Gasteiger partial charge is 1.00 e. The van der Waals surface area contributed by atoms with E-state index in [0.29, 0.717) is 22.2 Å². The number of aliphatic carboxylic acids is 3. The van der Waals surface area contributed by atoms with Crippen molar-refractivity contribution >= 4 is 40.5 Å². The third-order valence-corrected chi connectivity index (χ3v) is 4.46. The SMILES string of the molecule is O=C([O-])COc1cc(-c2cc3ccc(C(=O)[O-])cc3[nH]2)ccc1N(CC(=O)[O-])CC(=O)[O-].[K+].[K+].[K+].[K+]. The van der Waals surface area contributed by atoms with Gasteiger partial charge in [-0.2, -0.15) is 0 Å². The minimum absolute atomic E-state index is 0. The fourth-order valence-corrected chi connectivity index (χ4v) is 3.14. The van der Waals surface area contributed by atoms with Gasteiger partial charge in [0.05, 0.1) is 42.7 Å². The Bertz CT molecular complexity index is 1220. The van der Waals surface area contributed by atoms with Crippen LogP contribution in [0.2, 0.25) is 0 Å². The number of carbonyl (C=O) groups is 4. The Balaban J connectivity index is 0. The van der Waals surface area contributed by atoms with E-state index in [-0.39, 0.29) is 223 Å². The monoisotopic (exact) mass is 594 g/mol. The summed E-state index contributed by atoms with van der Waals surface area (Å²) in [6.07, 6.45) is 0. The topological polar surface area (TPSA) is 189 Å². The van der Waals surface area contributed by atoms with Crippen LogP contribution in [0.5, 0.6) is 5.75 Å². The number of aromatic amines is 1. The third-order valence-electron chi connectivity index (χ3n) is 4.46. The first-order chi connectivity index (χ1) is 15.1. The molecule has 15 heteroatoms. The molecule has 0 atom stereocenters. The number of H-pyrrole nitrogens is 1. The molecule has 0 bridgehead atoms. The molecular formula is C21H14K4N2O9. The van der Waals surface area contributed by atoms with Crippen LogP contribution < -0.4 is 236 Å². The smallest absolute Gasteiger partial charge is 0.548 e. The number of hydrogen-bond donors (Lipinski definition) is 1. The van der Waals surface area contributed by atoms with E-state index in [1.54, 1.807) is 12.1 Å². The van der Waals surface area contributed by atoms with Crippen molar-refractivity contribution in [1.29, 1.82) is 0 Å². The number of carboxylic acids is 4. The standard InChI is InChI=1S/C21H18N2O9.4K/c24-18(25)8-23(9-19(26)27)16-4-3-12(7-17(16)32-10-20(28)29)14-5-11-1-2-13(21(30)31)6-15(11)22-14;;;;/h1-7,22H,8-10H2,(H,24,25)(H,26,27)(H,28,29)(H,30,31);;;;/q;4*+1/p-4. The number of nitrogens with one attached hydrogen (secondary N) is 1. The Hall–Kier alpha value is 2.01. The van der Waals surface area contributed by atoms with E-state index < -0.39 is 43.6 Å². The molecule has 3 aromatic rings. The molecule has 0 aliphatic carbocycles. The van der Waals surface area contributed by atoms with Crippen LogP contribution in [0.4, 0.5) is 5.69 Å². The summed E-state index contributed by atoms with van der Waals surface area (Å²) in [4.78, 5) is 47.9. The average Bonchev–Trinajstić information content (AvgIpc) is 3.14. The number of anilines is 1. The Labute approximate surface area is 375 Å². The van der Waals surface area contributed by atoms with E-state index in [4.69, 9.17) is 4.74 Å². The summed E-state index contributed by atoms with van der Waals surface area (Å²) < 4.78 is 5.20. The van der Waals surface area contributed by atoms with Crippen LogP contribution >= 0.6 is 0 Å². The summed E-state index contributed by atoms with van der Waals surface area (Å²) in [7, 11) is 0. The van der Waals surface area contributed by atoms with Gasteiger partial charge in [-0.3, -0.25) is 0 Å². The van der Waals surface area contributed by atoms with Crippen LogP contribution in [0.25, 0.3) is 22.2 Å². The minimum atomic E-state index is -1.57. The van der Waals surface area contributed by atoms with Gasteiger partial charge in [0.15, 0.2) is 0 Å². The molecule has 0 unspecified atom stereocenters. The number of benzene rings is 2. The molecule has 1 aromatic heterocycles. The van der Waals surface area contributed by atoms with Crippen LogP contribution in [-0.4, -0.2) is 48.6 Å². The normalized spacial score (nSPS) is 9.44. The summed E-state index contributed by atoms with van der Waals surface area (Å²) in [5, 5.41) is 44.7. The molecule has 0 fully saturated rings. The molecule has 166 valence electrons. The zero-order valence-electron chi connectivity index (χ0n) is 20.3. The van der Waals surface area contributed by atoms with E-state index in [0.717, 1.165) is 4.90 Å². The molecule has 0 saturated carbocycles. The first-order valence-corrected chi connectivity index (χ1v) is 9.10. The molecule has 0 aliphatic heterocycles. The van der Waals surface area contributed by atoms with Crippen molar-refractivity contribution in [2.24, 2.45) is 0 Å². The average molecular weight is 595 g/mol. The summed E-state index contributed by atoms with van der Waals surface area (Å²) in [6, 6.07) is 10.3. The number of fused-ring (bicyclic) bond motifs is 1. The molecule has 36 heavy (non-hydrogen) atoms. The molecule has 3 rings (SSSR count). The molecule has 0 amide bonds. The second-order valence-electron chi connectivity index (χ2n) is 6.72. The summed E-state index contributed by atoms with van der Waals surface area (Å²) in [5.41, 5.74) is 1.43. The number of carboxylic acid groups (broad SMARTS) is 4. The second kappa shape index (κ2) is 19.2. The molecule has 1 heterocycles. The summed E-state index contributed by atoms with van der Waals surface area (Å²) in [5.74, 6) is -6.15. The minimum Gasteiger partial charge on any atom is -0.548 e. The van der Waals surface area contributed by atoms with Crippen molar-refractivity contribution < 1.29 is 250 Å². The van der Waals surface area contributed by atoms with Gasteiger partial charge in [0.2, 0.25) is 0 Å². The maximum Gasteiger partial charge on any atom is 1.00 e. The molecule has 0 radical (unpaired) electrons. The Morgan fingerprint density at radius 1 is 0.778 bits per heavy atom. The van der Waals surface area contributed by atoms with Crippen molar-refractivity contribution in [3.63, 3.8) is 0 Å². The maximum absolute atomic E-state index is 11.1. The van der Waals surface area contributed by atoms with Crippen molar-refractivity contribution in [3.8, 4) is 17.0 Å². The Kier molecular flexibility index (Phi) is 21.4. The quantitative estimate of drug-likeness (QED) is 0.221. The first-order valence-electron chi connectivity index (χ1n) is 9.10. The van der Waals surface area contributed by atoms with Gasteiger partial charge in [0.1, 0.15) is 12.4 Å². The van der Waals surface area contributed by atoms with Crippen molar-refractivity contribution in [3.05, 3.63) is 48.0 Å². The zero-order valence-corrected chi connectivity index (χ0v) is 32.8. The number of aromatic nitrogens is 1. The van der Waals surface area contributed by atoms with Gasteiger partial charge in [-0.1, -0.05) is 18.2 Å². The van der Waals surface area contributed by atoms with Crippen LogP contribution in [0.1, 0.15) is 10.4 Å². The van der Waals surface area contributed by atoms with E-state index in [2.05, 4.69) is 4.98 Å². The molecule has 11 nitrogen and oxygen atoms in total. The van der Waals surface area contributed by atoms with E-state index in [9.17, 15) is 39.6 Å². The van der Waals surface area contributed by atoms with Crippen molar-refractivity contribution in [2.45, 2.75) is 0 Å². The molecular weight excluding hydrogens is 581 g/mol. The van der Waals surface area contributed by atoms with E-state index >= 15 is 0 Å². The van der Waals surface area contributed by atoms with Gasteiger partial charge >= 0.3 is 206 Å². The predicted molar refractivity (Wildman–Crippen MR) is 101 cm³/mol. The van der Waals surface area contributed by atoms with E-state index in [1.165, 1.54) is 30.3 Å². The Morgan fingerprint density at radius 2 is 1.39 bits per heavy atom. The first kappa shape index (κ1) is 40.1. The fraction of sp³-hybridized carbons (Fsp3) is 0.143.